The van der Waals surface area contributed by atoms with Crippen LogP contribution >= 0.6 is 0 Å². The Morgan fingerprint density at radius 3 is 2.50 bits per heavy atom. The Labute approximate surface area is 118 Å². The summed E-state index contributed by atoms with van der Waals surface area (Å²) in [6.07, 6.45) is 3.10. The van der Waals surface area contributed by atoms with Crippen LogP contribution in [-0.4, -0.2) is 18.0 Å². The average Bonchev–Trinajstić information content (AvgIpc) is 2.44. The van der Waals surface area contributed by atoms with Crippen LogP contribution in [0.1, 0.15) is 49.9 Å². The van der Waals surface area contributed by atoms with Crippen LogP contribution in [0.4, 0.5) is 8.78 Å². The summed E-state index contributed by atoms with van der Waals surface area (Å²) >= 11 is 0. The normalized spacial score (nSPS) is 26.5. The zero-order valence-corrected chi connectivity index (χ0v) is 11.9. The van der Waals surface area contributed by atoms with Crippen molar-refractivity contribution in [1.29, 1.82) is 0 Å². The SMILES string of the molecule is CCOC1(C(=O)c2ccc(F)c(F)c2)CCC(C)CC1. The fourth-order valence-electron chi connectivity index (χ4n) is 2.84. The highest BCUT2D eigenvalue weighted by molar-refractivity contribution is 6.02. The Kier molecular flexibility index (Phi) is 4.53. The van der Waals surface area contributed by atoms with Gasteiger partial charge in [0.1, 0.15) is 5.60 Å². The maximum atomic E-state index is 13.3. The molecule has 0 N–H and O–H groups in total. The van der Waals surface area contributed by atoms with Gasteiger partial charge in [0, 0.05) is 12.2 Å². The highest BCUT2D eigenvalue weighted by Gasteiger charge is 2.42. The van der Waals surface area contributed by atoms with Crippen molar-refractivity contribution in [2.45, 2.75) is 45.1 Å². The number of ketones is 1. The lowest BCUT2D eigenvalue weighted by molar-refractivity contribution is -0.0474. The number of carbonyl (C=O) groups excluding carboxylic acids is 1. The monoisotopic (exact) mass is 282 g/mol. The number of benzene rings is 1. The van der Waals surface area contributed by atoms with E-state index in [0.29, 0.717) is 25.4 Å². The predicted octanol–water partition coefficient (Wildman–Crippen LogP) is 4.13. The fourth-order valence-corrected chi connectivity index (χ4v) is 2.84. The molecule has 110 valence electrons. The second kappa shape index (κ2) is 6.00. The molecule has 20 heavy (non-hydrogen) atoms. The van der Waals surface area contributed by atoms with Gasteiger partial charge in [0.15, 0.2) is 17.4 Å². The Morgan fingerprint density at radius 1 is 1.30 bits per heavy atom. The van der Waals surface area contributed by atoms with E-state index in [1.165, 1.54) is 6.07 Å². The largest absolute Gasteiger partial charge is 0.367 e. The van der Waals surface area contributed by atoms with Gasteiger partial charge >= 0.3 is 0 Å². The van der Waals surface area contributed by atoms with E-state index in [1.807, 2.05) is 6.92 Å². The lowest BCUT2D eigenvalue weighted by Crippen LogP contribution is -2.44. The molecule has 0 aliphatic heterocycles. The molecule has 1 saturated carbocycles. The van der Waals surface area contributed by atoms with Gasteiger partial charge in [0.25, 0.3) is 0 Å². The van der Waals surface area contributed by atoms with Crippen LogP contribution in [0, 0.1) is 17.6 Å². The van der Waals surface area contributed by atoms with Gasteiger partial charge < -0.3 is 4.74 Å². The van der Waals surface area contributed by atoms with Crippen LogP contribution in [0.3, 0.4) is 0 Å². The molecular weight excluding hydrogens is 262 g/mol. The number of hydrogen-bond acceptors (Lipinski definition) is 2. The van der Waals surface area contributed by atoms with Crippen LogP contribution in [0.15, 0.2) is 18.2 Å². The van der Waals surface area contributed by atoms with Crippen molar-refractivity contribution in [3.63, 3.8) is 0 Å². The van der Waals surface area contributed by atoms with Gasteiger partial charge in [-0.05, 0) is 56.7 Å². The summed E-state index contributed by atoms with van der Waals surface area (Å²) in [4.78, 5) is 12.7. The van der Waals surface area contributed by atoms with Crippen molar-refractivity contribution in [3.8, 4) is 0 Å². The first-order valence-electron chi connectivity index (χ1n) is 7.12. The Hall–Kier alpha value is -1.29. The average molecular weight is 282 g/mol. The molecule has 0 radical (unpaired) electrons. The van der Waals surface area contributed by atoms with E-state index in [1.54, 1.807) is 0 Å². The summed E-state index contributed by atoms with van der Waals surface area (Å²) in [7, 11) is 0. The lowest BCUT2D eigenvalue weighted by Gasteiger charge is -2.37. The Morgan fingerprint density at radius 2 is 1.95 bits per heavy atom. The molecule has 0 unspecified atom stereocenters. The maximum Gasteiger partial charge on any atom is 0.194 e. The molecule has 1 aromatic rings. The van der Waals surface area contributed by atoms with Crippen LogP contribution < -0.4 is 0 Å². The van der Waals surface area contributed by atoms with E-state index in [2.05, 4.69) is 6.92 Å². The van der Waals surface area contributed by atoms with E-state index in [-0.39, 0.29) is 11.3 Å². The molecule has 4 heteroatoms. The first-order valence-corrected chi connectivity index (χ1v) is 7.12. The molecule has 1 aliphatic rings. The van der Waals surface area contributed by atoms with Crippen molar-refractivity contribution in [2.24, 2.45) is 5.92 Å². The molecule has 0 heterocycles. The molecule has 2 rings (SSSR count). The first-order chi connectivity index (χ1) is 9.48. The molecular formula is C16H20F2O2. The van der Waals surface area contributed by atoms with E-state index in [0.717, 1.165) is 25.0 Å². The number of ether oxygens (including phenoxy) is 1. The van der Waals surface area contributed by atoms with Crippen LogP contribution in [0.5, 0.6) is 0 Å². The van der Waals surface area contributed by atoms with Gasteiger partial charge in [0.05, 0.1) is 0 Å². The van der Waals surface area contributed by atoms with Crippen LogP contribution in [0.2, 0.25) is 0 Å². The summed E-state index contributed by atoms with van der Waals surface area (Å²) in [6, 6.07) is 3.30. The summed E-state index contributed by atoms with van der Waals surface area (Å²) in [5.74, 6) is -1.59. The zero-order valence-electron chi connectivity index (χ0n) is 11.9. The summed E-state index contributed by atoms with van der Waals surface area (Å²) in [6.45, 7) is 4.43. The quantitative estimate of drug-likeness (QED) is 0.776. The number of carbonyl (C=O) groups is 1. The van der Waals surface area contributed by atoms with Crippen molar-refractivity contribution in [1.82, 2.24) is 0 Å². The number of Topliss-reactive ketones (excluding diaryl/α,β-unsaturated/α-hetero) is 1. The topological polar surface area (TPSA) is 26.3 Å². The second-order valence-electron chi connectivity index (χ2n) is 5.57. The molecule has 1 aromatic carbocycles. The van der Waals surface area contributed by atoms with Gasteiger partial charge in [-0.15, -0.1) is 0 Å². The highest BCUT2D eigenvalue weighted by Crippen LogP contribution is 2.37. The van der Waals surface area contributed by atoms with Crippen LogP contribution in [-0.2, 0) is 4.74 Å². The third kappa shape index (κ3) is 2.90. The summed E-state index contributed by atoms with van der Waals surface area (Å²) in [5.41, 5.74) is -0.683. The third-order valence-corrected chi connectivity index (χ3v) is 4.10. The van der Waals surface area contributed by atoms with Gasteiger partial charge in [-0.25, -0.2) is 8.78 Å². The van der Waals surface area contributed by atoms with Gasteiger partial charge in [0.2, 0.25) is 0 Å². The summed E-state index contributed by atoms with van der Waals surface area (Å²) < 4.78 is 32.0. The molecule has 0 aromatic heterocycles. The van der Waals surface area contributed by atoms with Gasteiger partial charge in [-0.1, -0.05) is 6.92 Å². The van der Waals surface area contributed by atoms with E-state index < -0.39 is 17.2 Å². The van der Waals surface area contributed by atoms with Gasteiger partial charge in [-0.2, -0.15) is 0 Å². The molecule has 0 spiro atoms. The number of hydrogen-bond donors (Lipinski definition) is 0. The molecule has 0 saturated heterocycles. The third-order valence-electron chi connectivity index (χ3n) is 4.10. The minimum absolute atomic E-state index is 0.187. The smallest absolute Gasteiger partial charge is 0.194 e. The molecule has 0 amide bonds. The predicted molar refractivity (Wildman–Crippen MR) is 72.7 cm³/mol. The standard InChI is InChI=1S/C16H20F2O2/c1-3-20-16(8-6-11(2)7-9-16)15(19)12-4-5-13(17)14(18)10-12/h4-5,10-11H,3,6-9H2,1-2H3. The fraction of sp³-hybridized carbons (Fsp3) is 0.562. The maximum absolute atomic E-state index is 13.3. The van der Waals surface area contributed by atoms with Crippen LogP contribution in [0.25, 0.3) is 0 Å². The van der Waals surface area contributed by atoms with Crippen molar-refractivity contribution < 1.29 is 18.3 Å². The van der Waals surface area contributed by atoms with E-state index in [4.69, 9.17) is 4.74 Å². The minimum atomic E-state index is -0.994. The molecule has 1 aliphatic carbocycles. The molecule has 0 bridgehead atoms. The van der Waals surface area contributed by atoms with Crippen molar-refractivity contribution >= 4 is 5.78 Å². The second-order valence-corrected chi connectivity index (χ2v) is 5.57. The van der Waals surface area contributed by atoms with Gasteiger partial charge in [-0.3, -0.25) is 4.79 Å². The van der Waals surface area contributed by atoms with Crippen molar-refractivity contribution in [2.75, 3.05) is 6.61 Å². The van der Waals surface area contributed by atoms with Crippen molar-refractivity contribution in [3.05, 3.63) is 35.4 Å². The Bertz CT molecular complexity index is 491. The zero-order chi connectivity index (χ0) is 14.8. The van der Waals surface area contributed by atoms with E-state index >= 15 is 0 Å². The number of halogens is 2. The number of rotatable bonds is 4. The lowest BCUT2D eigenvalue weighted by atomic mass is 9.75. The highest BCUT2D eigenvalue weighted by atomic mass is 19.2. The summed E-state index contributed by atoms with van der Waals surface area (Å²) in [5, 5.41) is 0. The minimum Gasteiger partial charge on any atom is -0.367 e. The Balaban J connectivity index is 2.29. The molecule has 1 fully saturated rings. The molecule has 0 atom stereocenters. The van der Waals surface area contributed by atoms with E-state index in [9.17, 15) is 13.6 Å². The molecule has 2 nitrogen and oxygen atoms in total. The first kappa shape index (κ1) is 15.1.